The molecular formula is C21H25N5OS. The van der Waals surface area contributed by atoms with Crippen LogP contribution in [0.25, 0.3) is 0 Å². The van der Waals surface area contributed by atoms with Crippen molar-refractivity contribution in [3.05, 3.63) is 75.9 Å². The topological polar surface area (TPSA) is 71.4 Å². The Morgan fingerprint density at radius 1 is 1.11 bits per heavy atom. The van der Waals surface area contributed by atoms with Gasteiger partial charge in [0.2, 0.25) is 5.88 Å². The van der Waals surface area contributed by atoms with Crippen molar-refractivity contribution in [2.45, 2.75) is 26.5 Å². The number of rotatable bonds is 8. The molecule has 0 aliphatic rings. The average Bonchev–Trinajstić information content (AvgIpc) is 3.15. The molecular weight excluding hydrogens is 370 g/mol. The maximum atomic E-state index is 5.91. The van der Waals surface area contributed by atoms with Gasteiger partial charge in [-0.25, -0.2) is 9.97 Å². The molecule has 0 aliphatic heterocycles. The number of hydrogen-bond donors (Lipinski definition) is 2. The van der Waals surface area contributed by atoms with Crippen molar-refractivity contribution in [3.8, 4) is 5.88 Å². The van der Waals surface area contributed by atoms with Gasteiger partial charge in [-0.05, 0) is 18.6 Å². The highest BCUT2D eigenvalue weighted by molar-refractivity contribution is 7.11. The van der Waals surface area contributed by atoms with Crippen LogP contribution in [0.5, 0.6) is 5.88 Å². The molecule has 1 aromatic carbocycles. The number of aryl methyl sites for hydroxylation is 1. The molecule has 3 rings (SSSR count). The summed E-state index contributed by atoms with van der Waals surface area (Å²) >= 11 is 1.73. The summed E-state index contributed by atoms with van der Waals surface area (Å²) in [6.07, 6.45) is 4.52. The van der Waals surface area contributed by atoms with Crippen molar-refractivity contribution in [1.29, 1.82) is 0 Å². The van der Waals surface area contributed by atoms with E-state index in [2.05, 4.69) is 32.5 Å². The molecule has 2 N–H and O–H groups in total. The molecule has 0 atom stereocenters. The molecule has 2 aromatic heterocycles. The SMILES string of the molecule is CN=C(NCCc1ncc(C)s1)NCc1cccnc1OCc1ccccc1. The molecule has 0 bridgehead atoms. The van der Waals surface area contributed by atoms with E-state index in [1.807, 2.05) is 48.7 Å². The molecule has 7 heteroatoms. The van der Waals surface area contributed by atoms with Gasteiger partial charge in [0.15, 0.2) is 5.96 Å². The second kappa shape index (κ2) is 10.4. The number of aliphatic imine (C=N–C) groups is 1. The highest BCUT2D eigenvalue weighted by atomic mass is 32.1. The van der Waals surface area contributed by atoms with E-state index in [0.717, 1.165) is 35.1 Å². The normalized spacial score (nSPS) is 11.3. The first kappa shape index (κ1) is 19.8. The Hall–Kier alpha value is -2.93. The van der Waals surface area contributed by atoms with Gasteiger partial charge in [-0.2, -0.15) is 0 Å². The van der Waals surface area contributed by atoms with E-state index in [-0.39, 0.29) is 0 Å². The number of aromatic nitrogens is 2. The van der Waals surface area contributed by atoms with E-state index in [9.17, 15) is 0 Å². The predicted molar refractivity (Wildman–Crippen MR) is 114 cm³/mol. The predicted octanol–water partition coefficient (Wildman–Crippen LogP) is 3.33. The maximum absolute atomic E-state index is 5.91. The van der Waals surface area contributed by atoms with Gasteiger partial charge in [0.1, 0.15) is 6.61 Å². The zero-order chi connectivity index (χ0) is 19.6. The van der Waals surface area contributed by atoms with E-state index in [0.29, 0.717) is 19.0 Å². The lowest BCUT2D eigenvalue weighted by atomic mass is 10.2. The van der Waals surface area contributed by atoms with Crippen LogP contribution in [0.1, 0.15) is 21.0 Å². The summed E-state index contributed by atoms with van der Waals surface area (Å²) in [5.74, 6) is 1.37. The number of ether oxygens (including phenoxy) is 1. The standard InChI is InChI=1S/C21H25N5OS/c1-16-13-25-19(28-16)10-12-24-21(22-2)26-14-18-9-6-11-23-20(18)27-15-17-7-4-3-5-8-17/h3-9,11,13H,10,12,14-15H2,1-2H3,(H2,22,24,26). The van der Waals surface area contributed by atoms with Crippen molar-refractivity contribution in [1.82, 2.24) is 20.6 Å². The Balaban J connectivity index is 1.49. The van der Waals surface area contributed by atoms with Crippen LogP contribution in [0.3, 0.4) is 0 Å². The third kappa shape index (κ3) is 6.06. The maximum Gasteiger partial charge on any atom is 0.218 e. The molecule has 28 heavy (non-hydrogen) atoms. The van der Waals surface area contributed by atoms with Gasteiger partial charge in [0.25, 0.3) is 0 Å². The van der Waals surface area contributed by atoms with Crippen LogP contribution >= 0.6 is 11.3 Å². The van der Waals surface area contributed by atoms with E-state index in [4.69, 9.17) is 4.74 Å². The van der Waals surface area contributed by atoms with Crippen LogP contribution in [-0.2, 0) is 19.6 Å². The molecule has 146 valence electrons. The first-order chi connectivity index (χ1) is 13.7. The first-order valence-corrected chi connectivity index (χ1v) is 10.0. The van der Waals surface area contributed by atoms with Crippen LogP contribution < -0.4 is 15.4 Å². The average molecular weight is 396 g/mol. The van der Waals surface area contributed by atoms with Gasteiger partial charge in [0, 0.05) is 49.4 Å². The summed E-state index contributed by atoms with van der Waals surface area (Å²) in [5, 5.41) is 7.77. The Labute approximate surface area is 169 Å². The molecule has 0 saturated heterocycles. The van der Waals surface area contributed by atoms with Crippen LogP contribution in [0.2, 0.25) is 0 Å². The largest absolute Gasteiger partial charge is 0.473 e. The number of thiazole rings is 1. The highest BCUT2D eigenvalue weighted by Crippen LogP contribution is 2.16. The molecule has 0 unspecified atom stereocenters. The van der Waals surface area contributed by atoms with E-state index in [1.165, 1.54) is 4.88 Å². The number of guanidine groups is 1. The fraction of sp³-hybridized carbons (Fsp3) is 0.286. The summed E-state index contributed by atoms with van der Waals surface area (Å²) < 4.78 is 5.91. The lowest BCUT2D eigenvalue weighted by molar-refractivity contribution is 0.290. The van der Waals surface area contributed by atoms with Crippen LogP contribution in [0.15, 0.2) is 59.9 Å². The van der Waals surface area contributed by atoms with Crippen molar-refractivity contribution >= 4 is 17.3 Å². The lowest BCUT2D eigenvalue weighted by Gasteiger charge is -2.14. The minimum atomic E-state index is 0.491. The van der Waals surface area contributed by atoms with E-state index in [1.54, 1.807) is 24.6 Å². The van der Waals surface area contributed by atoms with Crippen molar-refractivity contribution in [2.24, 2.45) is 4.99 Å². The second-order valence-corrected chi connectivity index (χ2v) is 7.53. The van der Waals surface area contributed by atoms with Gasteiger partial charge in [0.05, 0.1) is 5.01 Å². The molecule has 0 amide bonds. The fourth-order valence-electron chi connectivity index (χ4n) is 2.62. The van der Waals surface area contributed by atoms with Crippen LogP contribution in [0.4, 0.5) is 0 Å². The minimum Gasteiger partial charge on any atom is -0.473 e. The third-order valence-electron chi connectivity index (χ3n) is 4.04. The van der Waals surface area contributed by atoms with Crippen molar-refractivity contribution in [2.75, 3.05) is 13.6 Å². The number of nitrogens with one attached hydrogen (secondary N) is 2. The molecule has 0 saturated carbocycles. The fourth-order valence-corrected chi connectivity index (χ4v) is 3.41. The Morgan fingerprint density at radius 2 is 1.96 bits per heavy atom. The molecule has 6 nitrogen and oxygen atoms in total. The van der Waals surface area contributed by atoms with E-state index >= 15 is 0 Å². The molecule has 0 spiro atoms. The number of nitrogens with zero attached hydrogens (tertiary/aromatic N) is 3. The number of hydrogen-bond acceptors (Lipinski definition) is 5. The molecule has 2 heterocycles. The Morgan fingerprint density at radius 3 is 2.71 bits per heavy atom. The van der Waals surface area contributed by atoms with Crippen molar-refractivity contribution in [3.63, 3.8) is 0 Å². The van der Waals surface area contributed by atoms with Crippen molar-refractivity contribution < 1.29 is 4.74 Å². The van der Waals surface area contributed by atoms with Crippen LogP contribution in [-0.4, -0.2) is 29.5 Å². The molecule has 3 aromatic rings. The monoisotopic (exact) mass is 395 g/mol. The summed E-state index contributed by atoms with van der Waals surface area (Å²) in [7, 11) is 1.76. The molecule has 0 radical (unpaired) electrons. The highest BCUT2D eigenvalue weighted by Gasteiger charge is 2.07. The molecule has 0 aliphatic carbocycles. The van der Waals surface area contributed by atoms with Gasteiger partial charge >= 0.3 is 0 Å². The summed E-state index contributed by atoms with van der Waals surface area (Å²) in [6, 6.07) is 14.0. The van der Waals surface area contributed by atoms with Gasteiger partial charge in [-0.1, -0.05) is 36.4 Å². The smallest absolute Gasteiger partial charge is 0.218 e. The minimum absolute atomic E-state index is 0.491. The lowest BCUT2D eigenvalue weighted by Crippen LogP contribution is -2.37. The third-order valence-corrected chi connectivity index (χ3v) is 5.01. The zero-order valence-electron chi connectivity index (χ0n) is 16.2. The second-order valence-electron chi connectivity index (χ2n) is 6.21. The molecule has 0 fully saturated rings. The van der Waals surface area contributed by atoms with E-state index < -0.39 is 0 Å². The number of pyridine rings is 1. The Kier molecular flexibility index (Phi) is 7.37. The van der Waals surface area contributed by atoms with Gasteiger partial charge in [-0.15, -0.1) is 11.3 Å². The summed E-state index contributed by atoms with van der Waals surface area (Å²) in [4.78, 5) is 14.3. The zero-order valence-corrected chi connectivity index (χ0v) is 17.0. The van der Waals surface area contributed by atoms with Gasteiger partial charge < -0.3 is 15.4 Å². The quantitative estimate of drug-likeness (QED) is 0.452. The number of benzene rings is 1. The van der Waals surface area contributed by atoms with Gasteiger partial charge in [-0.3, -0.25) is 4.99 Å². The summed E-state index contributed by atoms with van der Waals surface area (Å²) in [5.41, 5.74) is 2.10. The summed E-state index contributed by atoms with van der Waals surface area (Å²) in [6.45, 7) is 3.91. The first-order valence-electron chi connectivity index (χ1n) is 9.21. The Bertz CT molecular complexity index is 895. The van der Waals surface area contributed by atoms with Crippen LogP contribution in [0, 0.1) is 6.92 Å².